The first-order chi connectivity index (χ1) is 24.6. The molecule has 1 saturated heterocycles. The molecule has 5 rings (SSSR count). The van der Waals surface area contributed by atoms with E-state index in [0.29, 0.717) is 0 Å². The molecule has 1 fully saturated rings. The number of carbonyl (C=O) groups is 2. The number of hydrogen-bond donors (Lipinski definition) is 0. The summed E-state index contributed by atoms with van der Waals surface area (Å²) in [5.41, 5.74) is 0. The Labute approximate surface area is 311 Å². The summed E-state index contributed by atoms with van der Waals surface area (Å²) in [6, 6.07) is 41.3. The Kier molecular flexibility index (Phi) is 11.9. The highest BCUT2D eigenvalue weighted by molar-refractivity contribution is 7.00. The number of carbonyl (C=O) groups excluding carboxylic acids is 2. The number of rotatable bonds is 13. The largest absolute Gasteiger partial charge is 0.463 e. The van der Waals surface area contributed by atoms with Crippen LogP contribution in [0.5, 0.6) is 0 Å². The van der Waals surface area contributed by atoms with E-state index >= 15 is 0 Å². The zero-order valence-electron chi connectivity index (χ0n) is 32.1. The van der Waals surface area contributed by atoms with Crippen molar-refractivity contribution >= 4 is 49.1 Å². The van der Waals surface area contributed by atoms with Gasteiger partial charge in [0.25, 0.3) is 16.6 Å². The number of hydrogen-bond acceptors (Lipinski definition) is 7. The predicted octanol–water partition coefficient (Wildman–Crippen LogP) is 6.16. The molecule has 0 aromatic heterocycles. The molecule has 9 heteroatoms. The second-order valence-corrected chi connectivity index (χ2v) is 24.6. The van der Waals surface area contributed by atoms with Crippen LogP contribution in [0.3, 0.4) is 0 Å². The van der Waals surface area contributed by atoms with Crippen molar-refractivity contribution in [3.05, 3.63) is 121 Å². The number of methoxy groups -OCH3 is 1. The Bertz CT molecular complexity index is 1690. The summed E-state index contributed by atoms with van der Waals surface area (Å²) in [4.78, 5) is 26.3. The Morgan fingerprint density at radius 1 is 0.654 bits per heavy atom. The molecule has 0 N–H and O–H groups in total. The lowest BCUT2D eigenvalue weighted by Crippen LogP contribution is -2.69. The van der Waals surface area contributed by atoms with Crippen LogP contribution in [0.4, 0.5) is 0 Å². The van der Waals surface area contributed by atoms with Crippen LogP contribution in [0.2, 0.25) is 10.1 Å². The highest BCUT2D eigenvalue weighted by Crippen LogP contribution is 2.42. The molecule has 0 saturated carbocycles. The molecule has 1 aliphatic heterocycles. The van der Waals surface area contributed by atoms with Gasteiger partial charge < -0.3 is 23.1 Å². The zero-order valence-corrected chi connectivity index (χ0v) is 34.1. The smallest absolute Gasteiger partial charge is 0.374 e. The van der Waals surface area contributed by atoms with E-state index in [9.17, 15) is 9.59 Å². The Balaban J connectivity index is 1.65. The first-order valence-corrected chi connectivity index (χ1v) is 21.9. The molecule has 0 amide bonds. The molecule has 0 bridgehead atoms. The van der Waals surface area contributed by atoms with Crippen molar-refractivity contribution < 1.29 is 32.7 Å². The van der Waals surface area contributed by atoms with Crippen molar-refractivity contribution in [2.75, 3.05) is 13.7 Å². The van der Waals surface area contributed by atoms with Gasteiger partial charge in [-0.2, -0.15) is 0 Å². The molecule has 276 valence electrons. The molecule has 0 aliphatic carbocycles. The van der Waals surface area contributed by atoms with Crippen LogP contribution in [0.15, 0.2) is 121 Å². The molecule has 4 aromatic rings. The van der Waals surface area contributed by atoms with E-state index in [-0.39, 0.29) is 18.1 Å². The van der Waals surface area contributed by atoms with Gasteiger partial charge in [0.2, 0.25) is 5.78 Å². The summed E-state index contributed by atoms with van der Waals surface area (Å²) in [5, 5.41) is 3.70. The predicted molar refractivity (Wildman–Crippen MR) is 212 cm³/mol. The van der Waals surface area contributed by atoms with Gasteiger partial charge in [0.15, 0.2) is 5.79 Å². The quantitative estimate of drug-likeness (QED) is 0.0924. The summed E-state index contributed by atoms with van der Waals surface area (Å²) >= 11 is 0. The van der Waals surface area contributed by atoms with Gasteiger partial charge in [-0.1, -0.05) is 163 Å². The van der Waals surface area contributed by atoms with E-state index in [1.54, 1.807) is 0 Å². The van der Waals surface area contributed by atoms with Gasteiger partial charge >= 0.3 is 5.97 Å². The summed E-state index contributed by atoms with van der Waals surface area (Å²) in [5.74, 6) is -2.63. The lowest BCUT2D eigenvalue weighted by atomic mass is 10.0. The number of ether oxygens (including phenoxy) is 3. The molecule has 0 unspecified atom stereocenters. The molecule has 1 heterocycles. The van der Waals surface area contributed by atoms with Gasteiger partial charge in [-0.25, -0.2) is 4.79 Å². The van der Waals surface area contributed by atoms with Gasteiger partial charge in [0.05, 0.1) is 19.8 Å². The fraction of sp³-hybridized carbons (Fsp3) is 0.395. The number of benzene rings is 4. The van der Waals surface area contributed by atoms with Crippen molar-refractivity contribution in [1.29, 1.82) is 0 Å². The normalized spacial score (nSPS) is 18.5. The minimum Gasteiger partial charge on any atom is -0.463 e. The van der Waals surface area contributed by atoms with E-state index in [2.05, 4.69) is 114 Å². The summed E-state index contributed by atoms with van der Waals surface area (Å²) < 4.78 is 33.3. The molecular weight excluding hydrogens is 685 g/mol. The van der Waals surface area contributed by atoms with Crippen LogP contribution in [-0.4, -0.2) is 66.2 Å². The van der Waals surface area contributed by atoms with Gasteiger partial charge in [-0.05, 0) is 44.7 Å². The van der Waals surface area contributed by atoms with E-state index in [4.69, 9.17) is 23.1 Å². The van der Waals surface area contributed by atoms with Crippen LogP contribution >= 0.6 is 0 Å². The molecule has 1 aliphatic rings. The van der Waals surface area contributed by atoms with Crippen LogP contribution < -0.4 is 20.7 Å². The molecule has 7 nitrogen and oxygen atoms in total. The van der Waals surface area contributed by atoms with Crippen LogP contribution in [0, 0.1) is 0 Å². The maximum Gasteiger partial charge on any atom is 0.374 e. The number of ketones is 1. The minimum absolute atomic E-state index is 0.175. The third-order valence-corrected chi connectivity index (χ3v) is 20.1. The van der Waals surface area contributed by atoms with E-state index in [1.165, 1.54) is 7.11 Å². The number of esters is 1. The molecule has 3 atom stereocenters. The Morgan fingerprint density at radius 2 is 1.04 bits per heavy atom. The van der Waals surface area contributed by atoms with Gasteiger partial charge in [-0.15, -0.1) is 0 Å². The van der Waals surface area contributed by atoms with Crippen LogP contribution in [0.1, 0.15) is 61.8 Å². The topological polar surface area (TPSA) is 80.3 Å². The van der Waals surface area contributed by atoms with Gasteiger partial charge in [0.1, 0.15) is 12.2 Å². The SMILES string of the molecule is COC(=O)C(=O)C[C@@H](O[Si](c1ccccc1)(c1ccccc1)C(C)(C)C)[C@@H]1OC(C)(C)O[C@@H]1CO[Si](c1ccccc1)(c1ccccc1)C(C)(C)C. The third kappa shape index (κ3) is 7.95. The third-order valence-electron chi connectivity index (χ3n) is 10.0. The molecule has 4 aromatic carbocycles. The highest BCUT2D eigenvalue weighted by Gasteiger charge is 2.57. The number of Topliss-reactive ketones (excluding diaryl/α,β-unsaturated/α-hetero) is 1. The van der Waals surface area contributed by atoms with Crippen molar-refractivity contribution in [2.45, 2.75) is 96.0 Å². The fourth-order valence-electron chi connectivity index (χ4n) is 7.80. The minimum atomic E-state index is -3.23. The Morgan fingerprint density at radius 3 is 1.40 bits per heavy atom. The average molecular weight is 739 g/mol. The van der Waals surface area contributed by atoms with Crippen LogP contribution in [-0.2, 0) is 32.7 Å². The Hall–Kier alpha value is -3.71. The van der Waals surface area contributed by atoms with E-state index in [1.807, 2.05) is 62.4 Å². The second kappa shape index (κ2) is 15.7. The van der Waals surface area contributed by atoms with Crippen LogP contribution in [0.25, 0.3) is 0 Å². The van der Waals surface area contributed by atoms with Gasteiger partial charge in [0, 0.05) is 6.42 Å². The maximum absolute atomic E-state index is 13.6. The van der Waals surface area contributed by atoms with Gasteiger partial charge in [-0.3, -0.25) is 4.79 Å². The highest BCUT2D eigenvalue weighted by atomic mass is 28.4. The zero-order chi connectivity index (χ0) is 37.8. The molecule has 0 spiro atoms. The summed E-state index contributed by atoms with van der Waals surface area (Å²) in [6.07, 6.45) is -2.53. The monoisotopic (exact) mass is 738 g/mol. The molecule has 52 heavy (non-hydrogen) atoms. The molecule has 0 radical (unpaired) electrons. The molecular formula is C43H54O7Si2. The fourth-order valence-corrected chi connectivity index (χ4v) is 17.1. The van der Waals surface area contributed by atoms with E-state index < -0.39 is 57.5 Å². The van der Waals surface area contributed by atoms with Crippen molar-refractivity contribution in [1.82, 2.24) is 0 Å². The first-order valence-electron chi connectivity index (χ1n) is 18.1. The lowest BCUT2D eigenvalue weighted by molar-refractivity contribution is -0.159. The maximum atomic E-state index is 13.6. The summed E-state index contributed by atoms with van der Waals surface area (Å²) in [7, 11) is -4.99. The average Bonchev–Trinajstić information content (AvgIpc) is 3.44. The lowest BCUT2D eigenvalue weighted by Gasteiger charge is -2.46. The first kappa shape index (κ1) is 39.5. The second-order valence-electron chi connectivity index (χ2n) is 16.1. The van der Waals surface area contributed by atoms with Crippen molar-refractivity contribution in [3.63, 3.8) is 0 Å². The van der Waals surface area contributed by atoms with Crippen molar-refractivity contribution in [2.24, 2.45) is 0 Å². The standard InChI is InChI=1S/C43H54O7Si2/c1-41(2,3)51(32-22-14-10-15-23-32,33-24-16-11-17-25-33)47-31-38-39(49-43(7,8)48-38)37(30-36(44)40(45)46-9)50-52(42(4,5)6,34-26-18-12-19-27-34)35-28-20-13-21-29-35/h10-29,37-39H,30-31H2,1-9H3/t37-,38-,39+/m1/s1. The van der Waals surface area contributed by atoms with E-state index in [0.717, 1.165) is 20.7 Å². The summed E-state index contributed by atoms with van der Waals surface area (Å²) in [6.45, 7) is 17.1. The van der Waals surface area contributed by atoms with Crippen molar-refractivity contribution in [3.8, 4) is 0 Å².